The van der Waals surface area contributed by atoms with Gasteiger partial charge in [0, 0.05) is 30.7 Å². The molecule has 1 N–H and O–H groups in total. The molecule has 0 atom stereocenters. The van der Waals surface area contributed by atoms with Crippen LogP contribution in [0.3, 0.4) is 0 Å². The quantitative estimate of drug-likeness (QED) is 0.524. The van der Waals surface area contributed by atoms with E-state index < -0.39 is 5.82 Å². The number of aromatic nitrogens is 1. The molecule has 0 aliphatic heterocycles. The molecule has 0 spiro atoms. The number of benzene rings is 2. The molecule has 2 amide bonds. The van der Waals surface area contributed by atoms with E-state index in [2.05, 4.69) is 12.2 Å². The third kappa shape index (κ3) is 5.91. The Morgan fingerprint density at radius 3 is 2.52 bits per heavy atom. The topological polar surface area (TPSA) is 37.3 Å². The van der Waals surface area contributed by atoms with E-state index >= 15 is 0 Å². The molecule has 4 nitrogen and oxygen atoms in total. The minimum atomic E-state index is -0.396. The molecule has 0 aliphatic rings. The predicted octanol–water partition coefficient (Wildman–Crippen LogP) is 5.65. The molecule has 2 aromatic carbocycles. The Morgan fingerprint density at radius 2 is 1.79 bits per heavy atom. The number of carbonyl (C=O) groups is 1. The summed E-state index contributed by atoms with van der Waals surface area (Å²) in [6.07, 6.45) is 3.73. The molecule has 3 rings (SSSR count). The fourth-order valence-corrected chi connectivity index (χ4v) is 3.14. The van der Waals surface area contributed by atoms with Crippen molar-refractivity contribution in [1.29, 1.82) is 0 Å². The lowest BCUT2D eigenvalue weighted by molar-refractivity contribution is 0.207. The van der Waals surface area contributed by atoms with E-state index in [0.717, 1.165) is 24.1 Å². The number of nitrogens with one attached hydrogen (secondary N) is 1. The van der Waals surface area contributed by atoms with Gasteiger partial charge in [0.25, 0.3) is 0 Å². The Balaban J connectivity index is 1.73. The van der Waals surface area contributed by atoms with Crippen molar-refractivity contribution in [2.24, 2.45) is 0 Å². The smallest absolute Gasteiger partial charge is 0.322 e. The van der Waals surface area contributed by atoms with Crippen LogP contribution in [-0.2, 0) is 13.1 Å². The lowest BCUT2D eigenvalue weighted by Gasteiger charge is -2.24. The average molecular weight is 397 g/mol. The first-order valence-corrected chi connectivity index (χ1v) is 9.75. The lowest BCUT2D eigenvalue weighted by atomic mass is 10.2. The molecule has 0 fully saturated rings. The van der Waals surface area contributed by atoms with Gasteiger partial charge in [-0.2, -0.15) is 0 Å². The van der Waals surface area contributed by atoms with Crippen LogP contribution in [0.1, 0.15) is 31.0 Å². The van der Waals surface area contributed by atoms with Crippen molar-refractivity contribution in [1.82, 2.24) is 9.47 Å². The zero-order valence-electron chi connectivity index (χ0n) is 16.4. The van der Waals surface area contributed by atoms with Gasteiger partial charge in [0.2, 0.25) is 0 Å². The minimum absolute atomic E-state index is 0.268. The highest BCUT2D eigenvalue weighted by molar-refractivity contribution is 5.89. The van der Waals surface area contributed by atoms with Crippen molar-refractivity contribution in [3.63, 3.8) is 0 Å². The van der Waals surface area contributed by atoms with E-state index in [4.69, 9.17) is 0 Å². The van der Waals surface area contributed by atoms with Crippen molar-refractivity contribution < 1.29 is 13.6 Å². The zero-order valence-corrected chi connectivity index (χ0v) is 16.4. The van der Waals surface area contributed by atoms with Crippen LogP contribution in [0.25, 0.3) is 0 Å². The number of carbonyl (C=O) groups excluding carboxylic acids is 1. The van der Waals surface area contributed by atoms with Crippen LogP contribution in [0, 0.1) is 11.6 Å². The molecule has 29 heavy (non-hydrogen) atoms. The van der Waals surface area contributed by atoms with E-state index in [9.17, 15) is 13.6 Å². The fraction of sp³-hybridized carbons (Fsp3) is 0.261. The van der Waals surface area contributed by atoms with E-state index in [0.29, 0.717) is 25.3 Å². The molecular formula is C23H25F2N3O. The molecule has 0 radical (unpaired) electrons. The van der Waals surface area contributed by atoms with Crippen LogP contribution in [-0.4, -0.2) is 22.0 Å². The first-order valence-electron chi connectivity index (χ1n) is 9.75. The molecule has 1 aromatic heterocycles. The number of anilines is 1. The SMILES string of the molecule is CCCCN(Cc1cccn1Cc1cccc(F)c1)C(=O)Nc1cccc(F)c1. The van der Waals surface area contributed by atoms with Crippen LogP contribution in [0.15, 0.2) is 66.9 Å². The summed E-state index contributed by atoms with van der Waals surface area (Å²) in [6.45, 7) is 3.58. The molecule has 0 bridgehead atoms. The number of hydrogen-bond acceptors (Lipinski definition) is 1. The second kappa shape index (κ2) is 9.87. The lowest BCUT2D eigenvalue weighted by Crippen LogP contribution is -2.36. The number of urea groups is 1. The number of amides is 2. The minimum Gasteiger partial charge on any atom is -0.345 e. The number of halogens is 2. The maximum Gasteiger partial charge on any atom is 0.322 e. The molecular weight excluding hydrogens is 372 g/mol. The fourth-order valence-electron chi connectivity index (χ4n) is 3.14. The van der Waals surface area contributed by atoms with E-state index in [-0.39, 0.29) is 11.8 Å². The van der Waals surface area contributed by atoms with Crippen molar-refractivity contribution in [2.45, 2.75) is 32.9 Å². The Morgan fingerprint density at radius 1 is 1.03 bits per heavy atom. The highest BCUT2D eigenvalue weighted by Gasteiger charge is 2.16. The maximum atomic E-state index is 13.5. The van der Waals surface area contributed by atoms with Gasteiger partial charge < -0.3 is 14.8 Å². The summed E-state index contributed by atoms with van der Waals surface area (Å²) in [7, 11) is 0. The number of unbranched alkanes of at least 4 members (excludes halogenated alkanes) is 1. The van der Waals surface area contributed by atoms with Gasteiger partial charge in [-0.15, -0.1) is 0 Å². The number of nitrogens with zero attached hydrogens (tertiary/aromatic N) is 2. The van der Waals surface area contributed by atoms with Crippen molar-refractivity contribution >= 4 is 11.7 Å². The summed E-state index contributed by atoms with van der Waals surface area (Å²) >= 11 is 0. The second-order valence-corrected chi connectivity index (χ2v) is 6.97. The maximum absolute atomic E-state index is 13.5. The van der Waals surface area contributed by atoms with Crippen LogP contribution in [0.2, 0.25) is 0 Å². The van der Waals surface area contributed by atoms with Gasteiger partial charge in [-0.05, 0) is 54.4 Å². The van der Waals surface area contributed by atoms with Crippen LogP contribution < -0.4 is 5.32 Å². The Kier molecular flexibility index (Phi) is 7.00. The largest absolute Gasteiger partial charge is 0.345 e. The summed E-state index contributed by atoms with van der Waals surface area (Å²) in [5.41, 5.74) is 2.22. The highest BCUT2D eigenvalue weighted by Crippen LogP contribution is 2.15. The normalized spacial score (nSPS) is 10.7. The Bertz CT molecular complexity index is 955. The Labute approximate surface area is 169 Å². The molecule has 0 saturated heterocycles. The van der Waals surface area contributed by atoms with Gasteiger partial charge in [-0.1, -0.05) is 31.5 Å². The third-order valence-electron chi connectivity index (χ3n) is 4.66. The zero-order chi connectivity index (χ0) is 20.6. The van der Waals surface area contributed by atoms with Crippen molar-refractivity contribution in [3.8, 4) is 0 Å². The van der Waals surface area contributed by atoms with E-state index in [1.807, 2.05) is 29.0 Å². The number of hydrogen-bond donors (Lipinski definition) is 1. The summed E-state index contributed by atoms with van der Waals surface area (Å²) in [6, 6.07) is 15.9. The van der Waals surface area contributed by atoms with Crippen LogP contribution >= 0.6 is 0 Å². The van der Waals surface area contributed by atoms with Crippen molar-refractivity contribution in [2.75, 3.05) is 11.9 Å². The van der Waals surface area contributed by atoms with Gasteiger partial charge in [-0.3, -0.25) is 0 Å². The standard InChI is InChI=1S/C23H25F2N3O/c1-2-3-12-28(23(29)26-21-10-5-9-20(25)15-21)17-22-11-6-13-27(22)16-18-7-4-8-19(24)14-18/h4-11,13-15H,2-3,12,16-17H2,1H3,(H,26,29). The molecule has 0 aliphatic carbocycles. The summed E-state index contributed by atoms with van der Waals surface area (Å²) in [5, 5.41) is 2.77. The molecule has 0 saturated carbocycles. The second-order valence-electron chi connectivity index (χ2n) is 6.97. The summed E-state index contributed by atoms with van der Waals surface area (Å²) < 4.78 is 28.9. The summed E-state index contributed by atoms with van der Waals surface area (Å²) in [5.74, 6) is -0.665. The molecule has 6 heteroatoms. The first-order chi connectivity index (χ1) is 14.0. The monoisotopic (exact) mass is 397 g/mol. The highest BCUT2D eigenvalue weighted by atomic mass is 19.1. The molecule has 152 valence electrons. The van der Waals surface area contributed by atoms with E-state index in [1.165, 1.54) is 24.3 Å². The van der Waals surface area contributed by atoms with Gasteiger partial charge in [0.15, 0.2) is 0 Å². The van der Waals surface area contributed by atoms with Gasteiger partial charge in [-0.25, -0.2) is 13.6 Å². The first kappa shape index (κ1) is 20.6. The Hall–Kier alpha value is -3.15. The summed E-state index contributed by atoms with van der Waals surface area (Å²) in [4.78, 5) is 14.5. The molecule has 3 aromatic rings. The number of rotatable bonds is 8. The van der Waals surface area contributed by atoms with Crippen molar-refractivity contribution in [3.05, 3.63) is 89.8 Å². The molecule has 0 unspecified atom stereocenters. The average Bonchev–Trinajstić information content (AvgIpc) is 3.11. The third-order valence-corrected chi connectivity index (χ3v) is 4.66. The molecule has 1 heterocycles. The van der Waals surface area contributed by atoms with Gasteiger partial charge in [0.1, 0.15) is 11.6 Å². The van der Waals surface area contributed by atoms with Gasteiger partial charge in [0.05, 0.1) is 6.54 Å². The predicted molar refractivity (Wildman–Crippen MR) is 111 cm³/mol. The van der Waals surface area contributed by atoms with E-state index in [1.54, 1.807) is 23.1 Å². The van der Waals surface area contributed by atoms with Gasteiger partial charge >= 0.3 is 6.03 Å². The van der Waals surface area contributed by atoms with Crippen LogP contribution in [0.4, 0.5) is 19.3 Å². The van der Waals surface area contributed by atoms with Crippen LogP contribution in [0.5, 0.6) is 0 Å².